The van der Waals surface area contributed by atoms with Crippen LogP contribution in [0.25, 0.3) is 0 Å². The Hall–Kier alpha value is -2.17. The van der Waals surface area contributed by atoms with Gasteiger partial charge in [-0.3, -0.25) is 14.9 Å². The molecular weight excluding hydrogens is 232 g/mol. The van der Waals surface area contributed by atoms with E-state index in [1.54, 1.807) is 24.3 Å². The molecule has 2 N–H and O–H groups in total. The van der Waals surface area contributed by atoms with Crippen molar-refractivity contribution in [2.45, 2.75) is 19.8 Å². The maximum Gasteiger partial charge on any atom is 0.325 e. The Bertz CT molecular complexity index is 489. The number of carbonyl (C=O) groups is 3. The van der Waals surface area contributed by atoms with Crippen molar-refractivity contribution in [1.29, 1.82) is 0 Å². The molecule has 1 aliphatic rings. The van der Waals surface area contributed by atoms with Gasteiger partial charge in [0.1, 0.15) is 0 Å². The second-order valence-corrected chi connectivity index (χ2v) is 4.35. The lowest BCUT2D eigenvalue weighted by Gasteiger charge is -2.06. The molecule has 1 saturated carbocycles. The quantitative estimate of drug-likeness (QED) is 0.800. The highest BCUT2D eigenvalue weighted by molar-refractivity contribution is 6.02. The molecule has 0 spiro atoms. The summed E-state index contributed by atoms with van der Waals surface area (Å²) in [6.45, 7) is 1.48. The van der Waals surface area contributed by atoms with Crippen LogP contribution in [0.3, 0.4) is 0 Å². The number of rotatable bonds is 3. The predicted molar refractivity (Wildman–Crippen MR) is 66.3 cm³/mol. The highest BCUT2D eigenvalue weighted by Crippen LogP contribution is 2.28. The molecule has 5 nitrogen and oxygen atoms in total. The number of ketones is 1. The van der Waals surface area contributed by atoms with E-state index < -0.39 is 6.03 Å². The summed E-state index contributed by atoms with van der Waals surface area (Å²) in [6.07, 6.45) is 1.71. The minimum absolute atomic E-state index is 0.00385. The van der Waals surface area contributed by atoms with E-state index in [0.29, 0.717) is 11.3 Å². The summed E-state index contributed by atoms with van der Waals surface area (Å²) in [6, 6.07) is 5.96. The first kappa shape index (κ1) is 12.3. The minimum Gasteiger partial charge on any atom is -0.308 e. The van der Waals surface area contributed by atoms with Gasteiger partial charge in [0.25, 0.3) is 0 Å². The van der Waals surface area contributed by atoms with Crippen molar-refractivity contribution in [3.63, 3.8) is 0 Å². The monoisotopic (exact) mass is 246 g/mol. The summed E-state index contributed by atoms with van der Waals surface area (Å²) in [5.41, 5.74) is 1.12. The maximum absolute atomic E-state index is 11.5. The summed E-state index contributed by atoms with van der Waals surface area (Å²) in [5, 5.41) is 4.81. The van der Waals surface area contributed by atoms with E-state index in [-0.39, 0.29) is 17.6 Å². The molecule has 5 heteroatoms. The molecule has 2 rings (SSSR count). The molecule has 0 saturated heterocycles. The molecule has 0 unspecified atom stereocenters. The van der Waals surface area contributed by atoms with Crippen molar-refractivity contribution >= 4 is 23.4 Å². The van der Waals surface area contributed by atoms with E-state index in [9.17, 15) is 14.4 Å². The average Bonchev–Trinajstić information content (AvgIpc) is 3.13. The minimum atomic E-state index is -0.539. The molecule has 0 atom stereocenters. The molecule has 94 valence electrons. The molecule has 1 fully saturated rings. The van der Waals surface area contributed by atoms with Crippen LogP contribution in [0.15, 0.2) is 24.3 Å². The van der Waals surface area contributed by atoms with Crippen LogP contribution < -0.4 is 10.6 Å². The zero-order chi connectivity index (χ0) is 13.1. The highest BCUT2D eigenvalue weighted by Gasteiger charge is 2.30. The second-order valence-electron chi connectivity index (χ2n) is 4.35. The molecule has 1 aromatic rings. The first-order valence-electron chi connectivity index (χ1n) is 5.79. The summed E-state index contributed by atoms with van der Waals surface area (Å²) < 4.78 is 0. The summed E-state index contributed by atoms with van der Waals surface area (Å²) in [5.74, 6) is -0.265. The fraction of sp³-hybridized carbons (Fsp3) is 0.308. The Kier molecular flexibility index (Phi) is 3.41. The zero-order valence-electron chi connectivity index (χ0n) is 10.0. The fourth-order valence-electron chi connectivity index (χ4n) is 1.51. The van der Waals surface area contributed by atoms with Gasteiger partial charge >= 0.3 is 6.03 Å². The number of imide groups is 1. The lowest BCUT2D eigenvalue weighted by Crippen LogP contribution is -2.35. The van der Waals surface area contributed by atoms with Gasteiger partial charge in [-0.15, -0.1) is 0 Å². The Morgan fingerprint density at radius 3 is 2.22 bits per heavy atom. The third-order valence-corrected chi connectivity index (χ3v) is 2.73. The Balaban J connectivity index is 1.90. The molecule has 0 bridgehead atoms. The Morgan fingerprint density at radius 1 is 1.11 bits per heavy atom. The van der Waals surface area contributed by atoms with Crippen molar-refractivity contribution in [3.8, 4) is 0 Å². The molecule has 3 amide bonds. The van der Waals surface area contributed by atoms with Crippen LogP contribution in [0.1, 0.15) is 30.1 Å². The van der Waals surface area contributed by atoms with Crippen LogP contribution in [-0.4, -0.2) is 17.7 Å². The number of Topliss-reactive ketones (excluding diaryl/α,β-unsaturated/α-hetero) is 1. The third-order valence-electron chi connectivity index (χ3n) is 2.73. The van der Waals surface area contributed by atoms with E-state index in [4.69, 9.17) is 0 Å². The van der Waals surface area contributed by atoms with Crippen LogP contribution in [0.4, 0.5) is 10.5 Å². The SMILES string of the molecule is CC(=O)c1ccc(NC(=O)NC(=O)C2CC2)cc1. The molecule has 1 aromatic carbocycles. The summed E-state index contributed by atoms with van der Waals surface area (Å²) in [4.78, 5) is 33.9. The first-order chi connectivity index (χ1) is 8.56. The van der Waals surface area contributed by atoms with E-state index in [1.807, 2.05) is 0 Å². The normalized spacial score (nSPS) is 13.8. The number of nitrogens with one attached hydrogen (secondary N) is 2. The standard InChI is InChI=1S/C13H14N2O3/c1-8(16)9-4-6-11(7-5-9)14-13(18)15-12(17)10-2-3-10/h4-7,10H,2-3H2,1H3,(H2,14,15,17,18). The zero-order valence-corrected chi connectivity index (χ0v) is 10.0. The van der Waals surface area contributed by atoms with Gasteiger partial charge in [-0.1, -0.05) is 0 Å². The van der Waals surface area contributed by atoms with Gasteiger partial charge in [-0.25, -0.2) is 4.79 Å². The van der Waals surface area contributed by atoms with Crippen LogP contribution in [0.2, 0.25) is 0 Å². The summed E-state index contributed by atoms with van der Waals surface area (Å²) in [7, 11) is 0. The van der Waals surface area contributed by atoms with Gasteiger partial charge in [-0.2, -0.15) is 0 Å². The Morgan fingerprint density at radius 2 is 1.72 bits per heavy atom. The molecule has 0 heterocycles. The van der Waals surface area contributed by atoms with Crippen molar-refractivity contribution in [2.75, 3.05) is 5.32 Å². The number of carbonyl (C=O) groups excluding carboxylic acids is 3. The average molecular weight is 246 g/mol. The smallest absolute Gasteiger partial charge is 0.308 e. The van der Waals surface area contributed by atoms with Gasteiger partial charge in [-0.05, 0) is 44.0 Å². The van der Waals surface area contributed by atoms with E-state index >= 15 is 0 Å². The number of hydrogen-bond donors (Lipinski definition) is 2. The molecule has 1 aliphatic carbocycles. The van der Waals surface area contributed by atoms with Gasteiger partial charge < -0.3 is 5.32 Å². The number of benzene rings is 1. The molecule has 0 aromatic heterocycles. The molecule has 0 aliphatic heterocycles. The number of amides is 3. The van der Waals surface area contributed by atoms with E-state index in [2.05, 4.69) is 10.6 Å². The van der Waals surface area contributed by atoms with Crippen molar-refractivity contribution in [1.82, 2.24) is 5.32 Å². The van der Waals surface area contributed by atoms with Crippen molar-refractivity contribution < 1.29 is 14.4 Å². The van der Waals surface area contributed by atoms with Gasteiger partial charge in [0.15, 0.2) is 5.78 Å². The third kappa shape index (κ3) is 3.16. The van der Waals surface area contributed by atoms with Gasteiger partial charge in [0.2, 0.25) is 5.91 Å². The number of anilines is 1. The topological polar surface area (TPSA) is 75.3 Å². The fourth-order valence-corrected chi connectivity index (χ4v) is 1.51. The van der Waals surface area contributed by atoms with E-state index in [1.165, 1.54) is 6.92 Å². The first-order valence-corrected chi connectivity index (χ1v) is 5.79. The van der Waals surface area contributed by atoms with Gasteiger partial charge in [0.05, 0.1) is 0 Å². The molecule has 18 heavy (non-hydrogen) atoms. The van der Waals surface area contributed by atoms with Crippen LogP contribution >= 0.6 is 0 Å². The van der Waals surface area contributed by atoms with Crippen molar-refractivity contribution in [2.24, 2.45) is 5.92 Å². The van der Waals surface area contributed by atoms with Crippen LogP contribution in [0, 0.1) is 5.92 Å². The largest absolute Gasteiger partial charge is 0.325 e. The lowest BCUT2D eigenvalue weighted by atomic mass is 10.1. The predicted octanol–water partition coefficient (Wildman–Crippen LogP) is 1.95. The number of hydrogen-bond acceptors (Lipinski definition) is 3. The van der Waals surface area contributed by atoms with Crippen molar-refractivity contribution in [3.05, 3.63) is 29.8 Å². The maximum atomic E-state index is 11.5. The molecule has 0 radical (unpaired) electrons. The molecular formula is C13H14N2O3. The van der Waals surface area contributed by atoms with E-state index in [0.717, 1.165) is 12.8 Å². The second kappa shape index (κ2) is 5.00. The number of urea groups is 1. The lowest BCUT2D eigenvalue weighted by molar-refractivity contribution is -0.121. The van der Waals surface area contributed by atoms with Gasteiger partial charge in [0, 0.05) is 17.2 Å². The Labute approximate surface area is 105 Å². The van der Waals surface area contributed by atoms with Crippen LogP contribution in [0.5, 0.6) is 0 Å². The highest BCUT2D eigenvalue weighted by atomic mass is 16.2. The summed E-state index contributed by atoms with van der Waals surface area (Å²) >= 11 is 0. The van der Waals surface area contributed by atoms with Crippen LogP contribution in [-0.2, 0) is 4.79 Å².